The third-order valence-corrected chi connectivity index (χ3v) is 4.21. The summed E-state index contributed by atoms with van der Waals surface area (Å²) in [6.07, 6.45) is 0. The first-order chi connectivity index (χ1) is 9.11. The van der Waals surface area contributed by atoms with Crippen molar-refractivity contribution in [3.63, 3.8) is 0 Å². The van der Waals surface area contributed by atoms with E-state index in [1.54, 1.807) is 11.3 Å². The summed E-state index contributed by atoms with van der Waals surface area (Å²) in [5, 5.41) is 6.40. The van der Waals surface area contributed by atoms with Gasteiger partial charge in [-0.15, -0.1) is 11.3 Å². The van der Waals surface area contributed by atoms with Gasteiger partial charge in [-0.25, -0.2) is 9.78 Å². The summed E-state index contributed by atoms with van der Waals surface area (Å²) < 4.78 is 0.905. The van der Waals surface area contributed by atoms with E-state index in [2.05, 4.69) is 36.2 Å². The Morgan fingerprint density at radius 2 is 2.11 bits per heavy atom. The molecule has 0 radical (unpaired) electrons. The number of rotatable bonds is 3. The minimum absolute atomic E-state index is 0.200. The number of imidazole rings is 1. The summed E-state index contributed by atoms with van der Waals surface area (Å²) >= 11 is 5.12. The van der Waals surface area contributed by atoms with Crippen LogP contribution in [0, 0.1) is 6.92 Å². The van der Waals surface area contributed by atoms with Crippen molar-refractivity contribution in [2.45, 2.75) is 13.5 Å². The van der Waals surface area contributed by atoms with Gasteiger partial charge in [0.05, 0.1) is 34.0 Å². The van der Waals surface area contributed by atoms with Gasteiger partial charge >= 0.3 is 5.69 Å². The number of thiazole rings is 1. The molecule has 0 aliphatic heterocycles. The Morgan fingerprint density at radius 3 is 2.79 bits per heavy atom. The van der Waals surface area contributed by atoms with Crippen molar-refractivity contribution in [3.05, 3.63) is 43.2 Å². The molecule has 0 saturated carbocycles. The normalized spacial score (nSPS) is 11.1. The van der Waals surface area contributed by atoms with Crippen LogP contribution >= 0.6 is 27.3 Å². The molecular weight excluding hydrogens is 328 g/mol. The van der Waals surface area contributed by atoms with Crippen molar-refractivity contribution in [2.75, 3.05) is 5.32 Å². The summed E-state index contributed by atoms with van der Waals surface area (Å²) in [6.45, 7) is 2.64. The summed E-state index contributed by atoms with van der Waals surface area (Å²) in [4.78, 5) is 21.1. The number of hydrogen-bond acceptors (Lipinski definition) is 4. The lowest BCUT2D eigenvalue weighted by molar-refractivity contribution is 1.05. The predicted molar refractivity (Wildman–Crippen MR) is 80.8 cm³/mol. The van der Waals surface area contributed by atoms with Crippen molar-refractivity contribution in [2.24, 2.45) is 0 Å². The molecule has 2 aromatic heterocycles. The fourth-order valence-corrected chi connectivity index (χ4v) is 2.96. The molecule has 5 nitrogen and oxygen atoms in total. The van der Waals surface area contributed by atoms with Crippen LogP contribution in [0.5, 0.6) is 0 Å². The number of hydrogen-bond donors (Lipinski definition) is 3. The predicted octanol–water partition coefficient (Wildman–Crippen LogP) is 3.00. The molecule has 0 atom stereocenters. The van der Waals surface area contributed by atoms with Crippen molar-refractivity contribution >= 4 is 44.0 Å². The molecule has 0 amide bonds. The van der Waals surface area contributed by atoms with E-state index in [1.807, 2.05) is 24.4 Å². The molecule has 0 saturated heterocycles. The number of halogens is 1. The van der Waals surface area contributed by atoms with Gasteiger partial charge in [0.2, 0.25) is 0 Å². The topological polar surface area (TPSA) is 73.6 Å². The summed E-state index contributed by atoms with van der Waals surface area (Å²) in [5.74, 6) is 0. The molecule has 2 heterocycles. The fraction of sp³-hybridized carbons (Fsp3) is 0.167. The number of aromatic amines is 2. The zero-order chi connectivity index (χ0) is 13.4. The van der Waals surface area contributed by atoms with E-state index in [0.717, 1.165) is 31.9 Å². The maximum atomic E-state index is 11.2. The number of fused-ring (bicyclic) bond motifs is 1. The highest BCUT2D eigenvalue weighted by Crippen LogP contribution is 2.26. The first-order valence-corrected chi connectivity index (χ1v) is 7.35. The van der Waals surface area contributed by atoms with Crippen molar-refractivity contribution in [1.29, 1.82) is 0 Å². The van der Waals surface area contributed by atoms with Gasteiger partial charge in [-0.05, 0) is 35.0 Å². The molecule has 3 N–H and O–H groups in total. The van der Waals surface area contributed by atoms with E-state index in [4.69, 9.17) is 0 Å². The molecule has 98 valence electrons. The minimum atomic E-state index is -0.200. The zero-order valence-electron chi connectivity index (χ0n) is 10.1. The smallest absolute Gasteiger partial charge is 0.323 e. The lowest BCUT2D eigenvalue weighted by atomic mass is 10.2. The Kier molecular flexibility index (Phi) is 3.16. The number of nitrogens with one attached hydrogen (secondary N) is 3. The van der Waals surface area contributed by atoms with Crippen molar-refractivity contribution < 1.29 is 0 Å². The van der Waals surface area contributed by atoms with Crippen LogP contribution in [0.3, 0.4) is 0 Å². The van der Waals surface area contributed by atoms with E-state index in [0.29, 0.717) is 6.54 Å². The average Bonchev–Trinajstić information content (AvgIpc) is 2.91. The summed E-state index contributed by atoms with van der Waals surface area (Å²) in [7, 11) is 0. The number of nitrogens with zero attached hydrogens (tertiary/aromatic N) is 1. The largest absolute Gasteiger partial charge is 0.378 e. The molecule has 3 rings (SSSR count). The molecule has 7 heteroatoms. The molecule has 0 aliphatic rings. The first kappa shape index (κ1) is 12.4. The maximum absolute atomic E-state index is 11.2. The molecule has 0 fully saturated rings. The van der Waals surface area contributed by atoms with Crippen LogP contribution in [-0.2, 0) is 6.54 Å². The standard InChI is InChI=1S/C12H11BrN4OS/c1-6-15-7(5-19-6)4-14-9-3-11-10(2-8(9)13)16-12(18)17-11/h2-3,5,14H,4H2,1H3,(H2,16,17,18). The van der Waals surface area contributed by atoms with E-state index in [1.165, 1.54) is 0 Å². The highest BCUT2D eigenvalue weighted by atomic mass is 79.9. The van der Waals surface area contributed by atoms with E-state index < -0.39 is 0 Å². The second-order valence-corrected chi connectivity index (χ2v) is 6.08. The Morgan fingerprint density at radius 1 is 1.37 bits per heavy atom. The van der Waals surface area contributed by atoms with Crippen LogP contribution in [-0.4, -0.2) is 15.0 Å². The van der Waals surface area contributed by atoms with Crippen LogP contribution < -0.4 is 11.0 Å². The second-order valence-electron chi connectivity index (χ2n) is 4.17. The van der Waals surface area contributed by atoms with E-state index in [9.17, 15) is 4.79 Å². The summed E-state index contributed by atoms with van der Waals surface area (Å²) in [5.41, 5.74) is 3.30. The van der Waals surface area contributed by atoms with Gasteiger partial charge in [0.25, 0.3) is 0 Å². The Balaban J connectivity index is 1.87. The van der Waals surface area contributed by atoms with Crippen LogP contribution in [0.2, 0.25) is 0 Å². The van der Waals surface area contributed by atoms with Gasteiger partial charge in [-0.1, -0.05) is 0 Å². The van der Waals surface area contributed by atoms with Crippen molar-refractivity contribution in [1.82, 2.24) is 15.0 Å². The summed E-state index contributed by atoms with van der Waals surface area (Å²) in [6, 6.07) is 3.78. The lowest BCUT2D eigenvalue weighted by Crippen LogP contribution is -2.00. The average molecular weight is 339 g/mol. The van der Waals surface area contributed by atoms with Gasteiger partial charge in [-0.3, -0.25) is 0 Å². The monoisotopic (exact) mass is 338 g/mol. The van der Waals surface area contributed by atoms with Gasteiger partial charge in [0.1, 0.15) is 0 Å². The molecule has 0 aliphatic carbocycles. The van der Waals surface area contributed by atoms with Gasteiger partial charge in [0, 0.05) is 9.85 Å². The number of aryl methyl sites for hydroxylation is 1. The first-order valence-electron chi connectivity index (χ1n) is 5.68. The Hall–Kier alpha value is -1.60. The Labute approximate surface area is 121 Å². The second kappa shape index (κ2) is 4.82. The number of anilines is 1. The van der Waals surface area contributed by atoms with Crippen molar-refractivity contribution in [3.8, 4) is 0 Å². The molecule has 0 spiro atoms. The molecule has 19 heavy (non-hydrogen) atoms. The maximum Gasteiger partial charge on any atom is 0.323 e. The molecular formula is C12H11BrN4OS. The third-order valence-electron chi connectivity index (χ3n) is 2.73. The van der Waals surface area contributed by atoms with Crippen LogP contribution in [0.15, 0.2) is 26.8 Å². The van der Waals surface area contributed by atoms with E-state index in [-0.39, 0.29) is 5.69 Å². The number of H-pyrrole nitrogens is 2. The zero-order valence-corrected chi connectivity index (χ0v) is 12.5. The third kappa shape index (κ3) is 2.57. The van der Waals surface area contributed by atoms with Gasteiger partial charge in [-0.2, -0.15) is 0 Å². The molecule has 1 aromatic carbocycles. The quantitative estimate of drug-likeness (QED) is 0.687. The van der Waals surface area contributed by atoms with Gasteiger partial charge < -0.3 is 15.3 Å². The Bertz CT molecular complexity index is 788. The van der Waals surface area contributed by atoms with E-state index >= 15 is 0 Å². The van der Waals surface area contributed by atoms with Crippen LogP contribution in [0.4, 0.5) is 5.69 Å². The highest BCUT2D eigenvalue weighted by molar-refractivity contribution is 9.10. The highest BCUT2D eigenvalue weighted by Gasteiger charge is 2.06. The minimum Gasteiger partial charge on any atom is -0.378 e. The molecule has 3 aromatic rings. The molecule has 0 unspecified atom stereocenters. The van der Waals surface area contributed by atoms with Crippen LogP contribution in [0.25, 0.3) is 11.0 Å². The fourth-order valence-electron chi connectivity index (χ4n) is 1.87. The van der Waals surface area contributed by atoms with Crippen LogP contribution in [0.1, 0.15) is 10.7 Å². The molecule has 0 bridgehead atoms. The number of aromatic nitrogens is 3. The number of benzene rings is 1. The SMILES string of the molecule is Cc1nc(CNc2cc3[nH]c(=O)[nH]c3cc2Br)cs1. The lowest BCUT2D eigenvalue weighted by Gasteiger charge is -2.07. The van der Waals surface area contributed by atoms with Gasteiger partial charge in [0.15, 0.2) is 0 Å².